The topological polar surface area (TPSA) is 172 Å². The van der Waals surface area contributed by atoms with Crippen LogP contribution in [0.1, 0.15) is 71.6 Å². The standard InChI is InChI=1S/C51H54ClN9O7/c1-3-39(62)32-68-45-28-36-27-38(11-13-43(36)57(2)50(45)66)54-47-42(52)29-53-51(56-47)60-18-16-40(17-19-60)67-25-24-58-20-22-59(23-21-58)30-35-8-5-33(6-9-35)4-7-34-10-12-41-37(26-34)31-61(49(41)65)44-14-15-46(63)55-48(44)64/h5-6,8-13,26-29,40,44H,3,14-25,30-32H2,1-2H3,(H,53,54,56)(H,55,63,64). The number of hydrogen-bond acceptors (Lipinski definition) is 13. The summed E-state index contributed by atoms with van der Waals surface area (Å²) in [7, 11) is 1.67. The molecule has 16 nitrogen and oxygen atoms in total. The fourth-order valence-corrected chi connectivity index (χ4v) is 9.26. The van der Waals surface area contributed by atoms with Crippen molar-refractivity contribution >= 4 is 63.5 Å². The van der Waals surface area contributed by atoms with Crippen molar-refractivity contribution in [2.75, 3.05) is 69.2 Å². The van der Waals surface area contributed by atoms with E-state index < -0.39 is 11.9 Å². The number of hydrogen-bond donors (Lipinski definition) is 2. The van der Waals surface area contributed by atoms with Crippen molar-refractivity contribution in [3.8, 4) is 17.6 Å². The average Bonchev–Trinajstić information content (AvgIpc) is 3.67. The lowest BCUT2D eigenvalue weighted by Crippen LogP contribution is -2.52. The monoisotopic (exact) mass is 939 g/mol. The molecule has 2 aromatic heterocycles. The Morgan fingerprint density at radius 2 is 1.65 bits per heavy atom. The Morgan fingerprint density at radius 3 is 2.41 bits per heavy atom. The van der Waals surface area contributed by atoms with Gasteiger partial charge in [0, 0.05) is 107 Å². The lowest BCUT2D eigenvalue weighted by Gasteiger charge is -2.35. The minimum Gasteiger partial charge on any atom is -0.480 e. The molecule has 0 spiro atoms. The van der Waals surface area contributed by atoms with Gasteiger partial charge in [-0.05, 0) is 85.0 Å². The number of aryl methyl sites for hydroxylation is 1. The summed E-state index contributed by atoms with van der Waals surface area (Å²) in [5.74, 6) is 6.68. The van der Waals surface area contributed by atoms with Gasteiger partial charge in [0.25, 0.3) is 11.5 Å². The zero-order chi connectivity index (χ0) is 47.3. The van der Waals surface area contributed by atoms with Gasteiger partial charge in [0.15, 0.2) is 17.4 Å². The third kappa shape index (κ3) is 10.7. The van der Waals surface area contributed by atoms with Crippen molar-refractivity contribution in [1.29, 1.82) is 0 Å². The molecule has 3 aromatic carbocycles. The summed E-state index contributed by atoms with van der Waals surface area (Å²) in [5, 5.41) is 6.80. The Kier molecular flexibility index (Phi) is 14.1. The SMILES string of the molecule is CCC(=O)COc1cc2cc(Nc3nc(N4CCC(OCCN5CCN(Cc6ccc(C#Cc7ccc8c(c7)CN(C7CCC(=O)NC7=O)C8=O)cc6)CC5)CC4)ncc3Cl)ccc2n(C)c1=O. The number of piperazine rings is 1. The summed E-state index contributed by atoms with van der Waals surface area (Å²) in [4.78, 5) is 79.7. The van der Waals surface area contributed by atoms with Gasteiger partial charge in [-0.15, -0.1) is 0 Å². The van der Waals surface area contributed by atoms with Gasteiger partial charge in [0.05, 0.1) is 24.4 Å². The van der Waals surface area contributed by atoms with Crippen LogP contribution < -0.4 is 25.8 Å². The van der Waals surface area contributed by atoms with E-state index in [1.165, 1.54) is 10.1 Å². The Hall–Kier alpha value is -6.64. The lowest BCUT2D eigenvalue weighted by molar-refractivity contribution is -0.137. The van der Waals surface area contributed by atoms with E-state index in [-0.39, 0.29) is 48.0 Å². The number of anilines is 3. The van der Waals surface area contributed by atoms with E-state index in [1.807, 2.05) is 42.5 Å². The third-order valence-corrected chi connectivity index (χ3v) is 13.4. The molecule has 4 aliphatic rings. The molecule has 3 amide bonds. The molecule has 0 bridgehead atoms. The van der Waals surface area contributed by atoms with Gasteiger partial charge in [-0.2, -0.15) is 4.98 Å². The number of benzene rings is 3. The normalized spacial score (nSPS) is 18.0. The third-order valence-electron chi connectivity index (χ3n) is 13.2. The van der Waals surface area contributed by atoms with Gasteiger partial charge in [-0.25, -0.2) is 4.98 Å². The largest absolute Gasteiger partial charge is 0.480 e. The summed E-state index contributed by atoms with van der Waals surface area (Å²) in [6.45, 7) is 9.86. The van der Waals surface area contributed by atoms with Gasteiger partial charge >= 0.3 is 0 Å². The molecule has 1 unspecified atom stereocenters. The molecule has 0 radical (unpaired) electrons. The molecule has 17 heteroatoms. The van der Waals surface area contributed by atoms with Crippen LogP contribution in [0.5, 0.6) is 5.75 Å². The number of aromatic nitrogens is 3. The lowest BCUT2D eigenvalue weighted by atomic mass is 10.0. The van der Waals surface area contributed by atoms with Crippen molar-refractivity contribution < 1.29 is 28.7 Å². The van der Waals surface area contributed by atoms with Crippen LogP contribution in [-0.4, -0.2) is 124 Å². The number of pyridine rings is 1. The maximum absolute atomic E-state index is 13.0. The van der Waals surface area contributed by atoms with Crippen molar-refractivity contribution in [3.63, 3.8) is 0 Å². The number of carbonyl (C=O) groups excluding carboxylic acids is 4. The van der Waals surface area contributed by atoms with Crippen molar-refractivity contribution in [3.05, 3.63) is 116 Å². The summed E-state index contributed by atoms with van der Waals surface area (Å²) >= 11 is 6.56. The van der Waals surface area contributed by atoms with Gasteiger partial charge in [-0.1, -0.05) is 42.5 Å². The number of fused-ring (bicyclic) bond motifs is 2. The number of rotatable bonds is 14. The molecule has 6 heterocycles. The van der Waals surface area contributed by atoms with Gasteiger partial charge in [0.1, 0.15) is 17.7 Å². The highest BCUT2D eigenvalue weighted by Gasteiger charge is 2.39. The Balaban J connectivity index is 0.690. The number of imide groups is 1. The van der Waals surface area contributed by atoms with E-state index in [0.717, 1.165) is 98.5 Å². The highest BCUT2D eigenvalue weighted by atomic mass is 35.5. The molecular formula is C51H54ClN9O7. The Morgan fingerprint density at radius 1 is 0.897 bits per heavy atom. The predicted octanol–water partition coefficient (Wildman–Crippen LogP) is 5.05. The zero-order valence-corrected chi connectivity index (χ0v) is 39.0. The van der Waals surface area contributed by atoms with Crippen LogP contribution in [0.3, 0.4) is 0 Å². The van der Waals surface area contributed by atoms with Crippen molar-refractivity contribution in [1.82, 2.24) is 34.6 Å². The van der Waals surface area contributed by atoms with Crippen LogP contribution in [-0.2, 0) is 39.3 Å². The maximum atomic E-state index is 13.0. The average molecular weight is 941 g/mol. The molecule has 0 saturated carbocycles. The van der Waals surface area contributed by atoms with E-state index in [1.54, 1.807) is 37.2 Å². The van der Waals surface area contributed by atoms with E-state index in [2.05, 4.69) is 54.3 Å². The first-order valence-corrected chi connectivity index (χ1v) is 23.6. The van der Waals surface area contributed by atoms with Gasteiger partial charge in [0.2, 0.25) is 17.8 Å². The van der Waals surface area contributed by atoms with Crippen LogP contribution >= 0.6 is 11.6 Å². The number of nitrogens with zero attached hydrogens (tertiary/aromatic N) is 7. The van der Waals surface area contributed by atoms with E-state index in [0.29, 0.717) is 48.3 Å². The molecule has 68 heavy (non-hydrogen) atoms. The van der Waals surface area contributed by atoms with Crippen LogP contribution in [0, 0.1) is 11.8 Å². The number of Topliss-reactive ketones (excluding diaryl/α,β-unsaturated/α-hetero) is 1. The number of halogens is 1. The first-order chi connectivity index (χ1) is 33.0. The second-order valence-electron chi connectivity index (χ2n) is 17.7. The summed E-state index contributed by atoms with van der Waals surface area (Å²) in [5.41, 5.74) is 5.50. The Bertz CT molecular complexity index is 2860. The first kappa shape index (κ1) is 46.5. The smallest absolute Gasteiger partial charge is 0.293 e. The summed E-state index contributed by atoms with van der Waals surface area (Å²) in [6.07, 6.45) is 4.41. The predicted molar refractivity (Wildman–Crippen MR) is 258 cm³/mol. The number of piperidine rings is 2. The van der Waals surface area contributed by atoms with Crippen LogP contribution in [0.4, 0.5) is 17.5 Å². The summed E-state index contributed by atoms with van der Waals surface area (Å²) in [6, 6.07) is 20.5. The van der Waals surface area contributed by atoms with Gasteiger partial charge in [-0.3, -0.25) is 39.1 Å². The minimum absolute atomic E-state index is 0.0849. The van der Waals surface area contributed by atoms with E-state index >= 15 is 0 Å². The molecule has 0 aliphatic carbocycles. The first-order valence-electron chi connectivity index (χ1n) is 23.3. The van der Waals surface area contributed by atoms with E-state index in [9.17, 15) is 24.0 Å². The molecule has 3 saturated heterocycles. The van der Waals surface area contributed by atoms with Crippen molar-refractivity contribution in [2.24, 2.45) is 7.05 Å². The number of ketones is 1. The fourth-order valence-electron chi connectivity index (χ4n) is 9.12. The molecule has 1 atom stereocenters. The Labute approximate surface area is 399 Å². The fraction of sp³-hybridized carbons (Fsp3) is 0.392. The molecule has 3 fully saturated rings. The van der Waals surface area contributed by atoms with Crippen LogP contribution in [0.25, 0.3) is 10.9 Å². The van der Waals surface area contributed by atoms with Crippen LogP contribution in [0.2, 0.25) is 5.02 Å². The molecular weight excluding hydrogens is 886 g/mol. The second-order valence-corrected chi connectivity index (χ2v) is 18.1. The number of nitrogens with one attached hydrogen (secondary N) is 2. The van der Waals surface area contributed by atoms with E-state index in [4.69, 9.17) is 26.1 Å². The highest BCUT2D eigenvalue weighted by molar-refractivity contribution is 6.33. The van der Waals surface area contributed by atoms with Crippen LogP contribution in [0.15, 0.2) is 77.7 Å². The molecule has 9 rings (SSSR count). The van der Waals surface area contributed by atoms with Crippen molar-refractivity contribution in [2.45, 2.75) is 64.3 Å². The molecule has 352 valence electrons. The zero-order valence-electron chi connectivity index (χ0n) is 38.3. The number of carbonyl (C=O) groups is 4. The number of ether oxygens (including phenoxy) is 2. The quantitative estimate of drug-likeness (QED) is 0.112. The minimum atomic E-state index is -0.637. The molecule has 2 N–H and O–H groups in total. The maximum Gasteiger partial charge on any atom is 0.293 e. The highest BCUT2D eigenvalue weighted by Crippen LogP contribution is 2.30. The number of amides is 3. The summed E-state index contributed by atoms with van der Waals surface area (Å²) < 4.78 is 13.4. The van der Waals surface area contributed by atoms with Gasteiger partial charge < -0.3 is 29.2 Å². The second kappa shape index (κ2) is 20.7. The molecule has 4 aliphatic heterocycles. The molecule has 5 aromatic rings.